The Morgan fingerprint density at radius 1 is 1.40 bits per heavy atom. The van der Waals surface area contributed by atoms with Crippen molar-refractivity contribution in [1.82, 2.24) is 20.0 Å². The zero-order valence-corrected chi connectivity index (χ0v) is 18.2. The zero-order chi connectivity index (χ0) is 22.0. The molecule has 1 aliphatic heterocycles. The lowest BCUT2D eigenvalue weighted by molar-refractivity contribution is 0.0634. The van der Waals surface area contributed by atoms with E-state index < -0.39 is 5.97 Å². The second-order valence-electron chi connectivity index (χ2n) is 7.26. The SMILES string of the molecule is C#CC(C)NCCn1nc2c(c1C(=O)O)CN(C(=O)c1ccc(Cl)c(Cl)c1)[C@H](C)C2. The molecule has 0 aliphatic carbocycles. The van der Waals surface area contributed by atoms with Crippen LogP contribution in [-0.4, -0.2) is 50.3 Å². The number of nitrogens with zero attached hydrogens (tertiary/aromatic N) is 3. The molecule has 3 rings (SSSR count). The van der Waals surface area contributed by atoms with Crippen LogP contribution in [0.2, 0.25) is 10.0 Å². The zero-order valence-electron chi connectivity index (χ0n) is 16.7. The summed E-state index contributed by atoms with van der Waals surface area (Å²) in [6.45, 7) is 4.75. The fourth-order valence-corrected chi connectivity index (χ4v) is 3.81. The maximum Gasteiger partial charge on any atom is 0.354 e. The van der Waals surface area contributed by atoms with Gasteiger partial charge in [-0.25, -0.2) is 4.79 Å². The molecule has 158 valence electrons. The molecule has 1 aromatic carbocycles. The molecule has 0 radical (unpaired) electrons. The van der Waals surface area contributed by atoms with E-state index in [1.165, 1.54) is 10.7 Å². The van der Waals surface area contributed by atoms with Crippen molar-refractivity contribution in [3.63, 3.8) is 0 Å². The molecule has 2 heterocycles. The highest BCUT2D eigenvalue weighted by atomic mass is 35.5. The van der Waals surface area contributed by atoms with Gasteiger partial charge in [0.2, 0.25) is 0 Å². The average molecular weight is 449 g/mol. The second kappa shape index (κ2) is 9.09. The lowest BCUT2D eigenvalue weighted by Gasteiger charge is -2.33. The molecule has 0 saturated carbocycles. The molecule has 1 amide bonds. The first-order valence-electron chi connectivity index (χ1n) is 9.50. The third-order valence-corrected chi connectivity index (χ3v) is 5.88. The van der Waals surface area contributed by atoms with Crippen LogP contribution in [0.3, 0.4) is 0 Å². The minimum Gasteiger partial charge on any atom is -0.477 e. The number of carboxylic acids is 1. The summed E-state index contributed by atoms with van der Waals surface area (Å²) in [5, 5.41) is 18.1. The maximum atomic E-state index is 13.1. The average Bonchev–Trinajstić information content (AvgIpc) is 3.05. The first-order valence-corrected chi connectivity index (χ1v) is 10.3. The summed E-state index contributed by atoms with van der Waals surface area (Å²) in [6, 6.07) is 4.43. The summed E-state index contributed by atoms with van der Waals surface area (Å²) in [7, 11) is 0. The van der Waals surface area contributed by atoms with Gasteiger partial charge in [-0.05, 0) is 32.0 Å². The quantitative estimate of drug-likeness (QED) is 0.662. The van der Waals surface area contributed by atoms with Crippen LogP contribution in [-0.2, 0) is 19.5 Å². The minimum absolute atomic E-state index is 0.0963. The van der Waals surface area contributed by atoms with Gasteiger partial charge in [0.1, 0.15) is 0 Å². The van der Waals surface area contributed by atoms with E-state index in [1.807, 2.05) is 13.8 Å². The predicted octanol–water partition coefficient (Wildman–Crippen LogP) is 3.09. The Kier molecular flexibility index (Phi) is 6.71. The monoisotopic (exact) mass is 448 g/mol. The fraction of sp³-hybridized carbons (Fsp3) is 0.381. The van der Waals surface area contributed by atoms with E-state index in [0.717, 1.165) is 0 Å². The van der Waals surface area contributed by atoms with E-state index in [9.17, 15) is 14.7 Å². The molecule has 0 bridgehead atoms. The summed E-state index contributed by atoms with van der Waals surface area (Å²) in [6.07, 6.45) is 5.81. The van der Waals surface area contributed by atoms with Gasteiger partial charge in [0, 0.05) is 30.1 Å². The van der Waals surface area contributed by atoms with Gasteiger partial charge in [-0.15, -0.1) is 6.42 Å². The number of aromatic carboxylic acids is 1. The van der Waals surface area contributed by atoms with Gasteiger partial charge in [0.15, 0.2) is 5.69 Å². The number of terminal acetylenes is 1. The molecule has 0 saturated heterocycles. The Bertz CT molecular complexity index is 1030. The normalized spacial score (nSPS) is 16.6. The van der Waals surface area contributed by atoms with Gasteiger partial charge < -0.3 is 15.3 Å². The molecule has 0 fully saturated rings. The number of carbonyl (C=O) groups excluding carboxylic acids is 1. The van der Waals surface area contributed by atoms with Gasteiger partial charge in [0.25, 0.3) is 5.91 Å². The van der Waals surface area contributed by atoms with Crippen molar-refractivity contribution in [3.8, 4) is 12.3 Å². The number of hydrogen-bond donors (Lipinski definition) is 2. The molecule has 2 N–H and O–H groups in total. The summed E-state index contributed by atoms with van der Waals surface area (Å²) in [5.74, 6) is 1.25. The number of benzene rings is 1. The van der Waals surface area contributed by atoms with E-state index in [1.54, 1.807) is 17.0 Å². The Labute approximate surface area is 185 Å². The standard InChI is InChI=1S/C21H22Cl2N4O3/c1-4-12(2)24-7-8-27-19(21(29)30)15-11-26(13(3)9-18(15)25-27)20(28)14-5-6-16(22)17(23)10-14/h1,5-6,10,12-13,24H,7-9,11H2,2-3H3,(H,29,30)/t12?,13-/m1/s1. The van der Waals surface area contributed by atoms with Crippen molar-refractivity contribution < 1.29 is 14.7 Å². The molecule has 2 atom stereocenters. The number of aromatic nitrogens is 2. The van der Waals surface area contributed by atoms with Crippen LogP contribution in [0.15, 0.2) is 18.2 Å². The first-order chi connectivity index (χ1) is 14.2. The lowest BCUT2D eigenvalue weighted by Crippen LogP contribution is -2.42. The molecular weight excluding hydrogens is 427 g/mol. The molecule has 7 nitrogen and oxygen atoms in total. The molecule has 30 heavy (non-hydrogen) atoms. The second-order valence-corrected chi connectivity index (χ2v) is 8.07. The van der Waals surface area contributed by atoms with Crippen LogP contribution < -0.4 is 5.32 Å². The number of carbonyl (C=O) groups is 2. The first kappa shape index (κ1) is 22.2. The highest BCUT2D eigenvalue weighted by molar-refractivity contribution is 6.42. The number of carboxylic acid groups (broad SMARTS) is 1. The number of fused-ring (bicyclic) bond motifs is 1. The fourth-order valence-electron chi connectivity index (χ4n) is 3.51. The van der Waals surface area contributed by atoms with E-state index in [2.05, 4.69) is 16.3 Å². The van der Waals surface area contributed by atoms with Crippen LogP contribution in [0.5, 0.6) is 0 Å². The Balaban J connectivity index is 1.87. The Morgan fingerprint density at radius 2 is 2.13 bits per heavy atom. The van der Waals surface area contributed by atoms with Crippen LogP contribution in [0.25, 0.3) is 0 Å². The number of nitrogens with one attached hydrogen (secondary N) is 1. The lowest BCUT2D eigenvalue weighted by atomic mass is 9.98. The summed E-state index contributed by atoms with van der Waals surface area (Å²) >= 11 is 12.0. The van der Waals surface area contributed by atoms with Crippen molar-refractivity contribution in [1.29, 1.82) is 0 Å². The number of rotatable bonds is 6. The van der Waals surface area contributed by atoms with Crippen molar-refractivity contribution >= 4 is 35.1 Å². The van der Waals surface area contributed by atoms with Crippen LogP contribution in [0.4, 0.5) is 0 Å². The van der Waals surface area contributed by atoms with Gasteiger partial charge in [0.05, 0.1) is 34.9 Å². The smallest absolute Gasteiger partial charge is 0.354 e. The number of amides is 1. The maximum absolute atomic E-state index is 13.1. The summed E-state index contributed by atoms with van der Waals surface area (Å²) in [5.41, 5.74) is 1.75. The Hall–Kier alpha value is -2.53. The molecule has 1 unspecified atom stereocenters. The molecule has 0 spiro atoms. The third-order valence-electron chi connectivity index (χ3n) is 5.14. The van der Waals surface area contributed by atoms with Gasteiger partial charge in [-0.1, -0.05) is 29.1 Å². The minimum atomic E-state index is -1.08. The number of halogens is 2. The molecular formula is C21H22Cl2N4O3. The van der Waals surface area contributed by atoms with Crippen LogP contribution >= 0.6 is 23.2 Å². The summed E-state index contributed by atoms with van der Waals surface area (Å²) in [4.78, 5) is 26.7. The van der Waals surface area contributed by atoms with Crippen molar-refractivity contribution in [2.45, 2.75) is 45.4 Å². The molecule has 9 heteroatoms. The van der Waals surface area contributed by atoms with Gasteiger partial charge >= 0.3 is 5.97 Å². The highest BCUT2D eigenvalue weighted by Gasteiger charge is 2.34. The number of hydrogen-bond acceptors (Lipinski definition) is 4. The van der Waals surface area contributed by atoms with Crippen molar-refractivity contribution in [3.05, 3.63) is 50.8 Å². The van der Waals surface area contributed by atoms with E-state index in [-0.39, 0.29) is 30.2 Å². The summed E-state index contributed by atoms with van der Waals surface area (Å²) < 4.78 is 1.48. The Morgan fingerprint density at radius 3 is 2.77 bits per heavy atom. The van der Waals surface area contributed by atoms with Crippen molar-refractivity contribution in [2.24, 2.45) is 0 Å². The predicted molar refractivity (Wildman–Crippen MR) is 115 cm³/mol. The van der Waals surface area contributed by atoms with E-state index in [4.69, 9.17) is 29.6 Å². The van der Waals surface area contributed by atoms with Crippen LogP contribution in [0.1, 0.15) is 46.0 Å². The molecule has 1 aliphatic rings. The highest BCUT2D eigenvalue weighted by Crippen LogP contribution is 2.29. The van der Waals surface area contributed by atoms with E-state index in [0.29, 0.717) is 46.4 Å². The van der Waals surface area contributed by atoms with E-state index >= 15 is 0 Å². The largest absolute Gasteiger partial charge is 0.477 e. The van der Waals surface area contributed by atoms with Crippen LogP contribution in [0, 0.1) is 12.3 Å². The van der Waals surface area contributed by atoms with Crippen molar-refractivity contribution in [2.75, 3.05) is 6.54 Å². The van der Waals surface area contributed by atoms with Gasteiger partial charge in [-0.3, -0.25) is 9.48 Å². The topological polar surface area (TPSA) is 87.5 Å². The molecule has 2 aromatic rings. The third kappa shape index (κ3) is 4.46. The van der Waals surface area contributed by atoms with Gasteiger partial charge in [-0.2, -0.15) is 5.10 Å². The molecule has 1 aromatic heterocycles.